The molecule has 1 heterocycles. The molecule has 0 saturated heterocycles. The topological polar surface area (TPSA) is 49.8 Å². The molecule has 2 aromatic rings. The SMILES string of the molecule is CNc1ncc(Cl)c(Nc2ccc(F)cc2Br)n1. The predicted molar refractivity (Wildman–Crippen MR) is 74.0 cm³/mol. The summed E-state index contributed by atoms with van der Waals surface area (Å²) in [6.07, 6.45) is 1.49. The molecule has 0 aliphatic carbocycles. The fourth-order valence-electron chi connectivity index (χ4n) is 1.29. The standard InChI is InChI=1S/C11H9BrClFN4/c1-15-11-16-5-8(13)10(18-11)17-9-3-2-6(14)4-7(9)12/h2-5H,1H3,(H2,15,16,17,18). The van der Waals surface area contributed by atoms with Gasteiger partial charge in [-0.2, -0.15) is 4.98 Å². The molecule has 1 aromatic heterocycles. The van der Waals surface area contributed by atoms with Crippen molar-refractivity contribution in [2.45, 2.75) is 0 Å². The summed E-state index contributed by atoms with van der Waals surface area (Å²) >= 11 is 9.24. The first-order valence-electron chi connectivity index (χ1n) is 5.02. The number of rotatable bonds is 3. The van der Waals surface area contributed by atoms with Gasteiger partial charge < -0.3 is 10.6 Å². The van der Waals surface area contributed by atoms with Crippen LogP contribution in [0, 0.1) is 5.82 Å². The summed E-state index contributed by atoms with van der Waals surface area (Å²) in [5.74, 6) is 0.570. The minimum absolute atomic E-state index is 0.322. The third-order valence-corrected chi connectivity index (χ3v) is 3.08. The van der Waals surface area contributed by atoms with Gasteiger partial charge in [0.2, 0.25) is 5.95 Å². The monoisotopic (exact) mass is 330 g/mol. The Labute approximate surface area is 117 Å². The fourth-order valence-corrected chi connectivity index (χ4v) is 1.88. The Morgan fingerprint density at radius 3 is 2.83 bits per heavy atom. The Hall–Kier alpha value is -1.40. The quantitative estimate of drug-likeness (QED) is 0.898. The van der Waals surface area contributed by atoms with Crippen LogP contribution in [-0.2, 0) is 0 Å². The number of anilines is 3. The molecule has 0 fully saturated rings. The smallest absolute Gasteiger partial charge is 0.224 e. The highest BCUT2D eigenvalue weighted by atomic mass is 79.9. The molecule has 0 aliphatic rings. The predicted octanol–water partition coefficient (Wildman–Crippen LogP) is 3.82. The van der Waals surface area contributed by atoms with E-state index in [4.69, 9.17) is 11.6 Å². The second-order valence-electron chi connectivity index (χ2n) is 3.39. The zero-order valence-electron chi connectivity index (χ0n) is 9.34. The molecule has 1 aromatic carbocycles. The van der Waals surface area contributed by atoms with Crippen molar-refractivity contribution in [3.8, 4) is 0 Å². The molecule has 94 valence electrons. The lowest BCUT2D eigenvalue weighted by Gasteiger charge is -2.10. The first kappa shape index (κ1) is 13.0. The molecule has 0 aliphatic heterocycles. The maximum absolute atomic E-state index is 13.0. The van der Waals surface area contributed by atoms with Crippen molar-refractivity contribution in [3.05, 3.63) is 39.7 Å². The molecular formula is C11H9BrClFN4. The van der Waals surface area contributed by atoms with E-state index in [1.54, 1.807) is 13.1 Å². The van der Waals surface area contributed by atoms with Crippen LogP contribution in [0.4, 0.5) is 21.8 Å². The van der Waals surface area contributed by atoms with Gasteiger partial charge in [-0.05, 0) is 34.1 Å². The lowest BCUT2D eigenvalue weighted by molar-refractivity contribution is 0.627. The van der Waals surface area contributed by atoms with Gasteiger partial charge in [0.15, 0.2) is 5.82 Å². The van der Waals surface area contributed by atoms with Crippen molar-refractivity contribution in [1.29, 1.82) is 0 Å². The van der Waals surface area contributed by atoms with Crippen molar-refractivity contribution < 1.29 is 4.39 Å². The van der Waals surface area contributed by atoms with Gasteiger partial charge >= 0.3 is 0 Å². The molecule has 0 atom stereocenters. The number of hydrogen-bond donors (Lipinski definition) is 2. The van der Waals surface area contributed by atoms with E-state index in [2.05, 4.69) is 36.5 Å². The molecule has 2 N–H and O–H groups in total. The molecule has 0 spiro atoms. The zero-order valence-corrected chi connectivity index (χ0v) is 11.7. The van der Waals surface area contributed by atoms with E-state index in [0.717, 1.165) is 0 Å². The third kappa shape index (κ3) is 2.88. The average Bonchev–Trinajstić information content (AvgIpc) is 2.35. The van der Waals surface area contributed by atoms with Crippen molar-refractivity contribution in [3.63, 3.8) is 0 Å². The largest absolute Gasteiger partial charge is 0.357 e. The average molecular weight is 332 g/mol. The molecule has 0 bridgehead atoms. The van der Waals surface area contributed by atoms with E-state index in [9.17, 15) is 4.39 Å². The highest BCUT2D eigenvalue weighted by Crippen LogP contribution is 2.29. The van der Waals surface area contributed by atoms with Crippen molar-refractivity contribution in [2.24, 2.45) is 0 Å². The van der Waals surface area contributed by atoms with E-state index >= 15 is 0 Å². The summed E-state index contributed by atoms with van der Waals surface area (Å²) in [4.78, 5) is 8.14. The fraction of sp³-hybridized carbons (Fsp3) is 0.0909. The first-order chi connectivity index (χ1) is 8.60. The van der Waals surface area contributed by atoms with Crippen LogP contribution in [0.25, 0.3) is 0 Å². The summed E-state index contributed by atoms with van der Waals surface area (Å²) in [6.45, 7) is 0. The Morgan fingerprint density at radius 1 is 1.39 bits per heavy atom. The lowest BCUT2D eigenvalue weighted by atomic mass is 10.3. The Morgan fingerprint density at radius 2 is 2.17 bits per heavy atom. The molecule has 0 unspecified atom stereocenters. The maximum Gasteiger partial charge on any atom is 0.224 e. The van der Waals surface area contributed by atoms with Crippen LogP contribution in [-0.4, -0.2) is 17.0 Å². The second-order valence-corrected chi connectivity index (χ2v) is 4.65. The second kappa shape index (κ2) is 5.49. The molecule has 2 rings (SSSR count). The van der Waals surface area contributed by atoms with Gasteiger partial charge in [0.05, 0.1) is 11.9 Å². The normalized spacial score (nSPS) is 10.2. The van der Waals surface area contributed by atoms with E-state index in [1.807, 2.05) is 0 Å². The van der Waals surface area contributed by atoms with Crippen LogP contribution >= 0.6 is 27.5 Å². The highest BCUT2D eigenvalue weighted by molar-refractivity contribution is 9.10. The lowest BCUT2D eigenvalue weighted by Crippen LogP contribution is -2.01. The summed E-state index contributed by atoms with van der Waals surface area (Å²) in [5, 5.41) is 6.20. The summed E-state index contributed by atoms with van der Waals surface area (Å²) in [7, 11) is 1.71. The maximum atomic E-state index is 13.0. The molecule has 0 radical (unpaired) electrons. The molecule has 0 saturated carbocycles. The van der Waals surface area contributed by atoms with E-state index < -0.39 is 0 Å². The van der Waals surface area contributed by atoms with E-state index in [-0.39, 0.29) is 5.82 Å². The van der Waals surface area contributed by atoms with Gasteiger partial charge in [0.1, 0.15) is 10.8 Å². The van der Waals surface area contributed by atoms with E-state index in [1.165, 1.54) is 18.3 Å². The summed E-state index contributed by atoms with van der Waals surface area (Å²) in [6, 6.07) is 4.30. The van der Waals surface area contributed by atoms with Gasteiger partial charge in [0, 0.05) is 11.5 Å². The van der Waals surface area contributed by atoms with Crippen LogP contribution in [0.15, 0.2) is 28.9 Å². The zero-order chi connectivity index (χ0) is 13.1. The minimum atomic E-state index is -0.322. The molecule has 18 heavy (non-hydrogen) atoms. The molecule has 4 nitrogen and oxygen atoms in total. The van der Waals surface area contributed by atoms with E-state index in [0.29, 0.717) is 26.9 Å². The van der Waals surface area contributed by atoms with Gasteiger partial charge in [-0.15, -0.1) is 0 Å². The Balaban J connectivity index is 2.33. The van der Waals surface area contributed by atoms with Crippen LogP contribution in [0.1, 0.15) is 0 Å². The van der Waals surface area contributed by atoms with Gasteiger partial charge in [-0.1, -0.05) is 11.6 Å². The number of nitrogens with zero attached hydrogens (tertiary/aromatic N) is 2. The van der Waals surface area contributed by atoms with Gasteiger partial charge in [-0.3, -0.25) is 0 Å². The first-order valence-corrected chi connectivity index (χ1v) is 6.19. The number of hydrogen-bond acceptors (Lipinski definition) is 4. The molecular weight excluding hydrogens is 323 g/mol. The third-order valence-electron chi connectivity index (χ3n) is 2.15. The van der Waals surface area contributed by atoms with Crippen LogP contribution < -0.4 is 10.6 Å². The Bertz CT molecular complexity index is 579. The highest BCUT2D eigenvalue weighted by Gasteiger charge is 2.07. The van der Waals surface area contributed by atoms with Gasteiger partial charge in [0.25, 0.3) is 0 Å². The van der Waals surface area contributed by atoms with Crippen molar-refractivity contribution in [2.75, 3.05) is 17.7 Å². The Kier molecular flexibility index (Phi) is 3.98. The van der Waals surface area contributed by atoms with Crippen LogP contribution in [0.3, 0.4) is 0 Å². The van der Waals surface area contributed by atoms with Crippen molar-refractivity contribution >= 4 is 45.0 Å². The molecule has 0 amide bonds. The van der Waals surface area contributed by atoms with Gasteiger partial charge in [-0.25, -0.2) is 9.37 Å². The van der Waals surface area contributed by atoms with Crippen LogP contribution in [0.2, 0.25) is 5.02 Å². The van der Waals surface area contributed by atoms with Crippen LogP contribution in [0.5, 0.6) is 0 Å². The summed E-state index contributed by atoms with van der Waals surface area (Å²) in [5.41, 5.74) is 0.666. The number of nitrogens with one attached hydrogen (secondary N) is 2. The number of benzene rings is 1. The number of halogens is 3. The minimum Gasteiger partial charge on any atom is -0.357 e. The summed E-state index contributed by atoms with van der Waals surface area (Å²) < 4.78 is 13.6. The number of aromatic nitrogens is 2. The molecule has 7 heteroatoms. The van der Waals surface area contributed by atoms with Crippen molar-refractivity contribution in [1.82, 2.24) is 9.97 Å².